The van der Waals surface area contributed by atoms with E-state index >= 15 is 0 Å². The van der Waals surface area contributed by atoms with Gasteiger partial charge in [0, 0.05) is 16.1 Å². The molecule has 0 bridgehead atoms. The molecule has 0 aromatic heterocycles. The largest absolute Gasteiger partial charge is 0.383 e. The molecule has 2 N–H and O–H groups in total. The van der Waals surface area contributed by atoms with E-state index < -0.39 is 5.91 Å². The van der Waals surface area contributed by atoms with E-state index in [0.717, 1.165) is 11.1 Å². The molecule has 1 aromatic carbocycles. The molecule has 4 nitrogen and oxygen atoms in total. The number of hydrogen-bond donors (Lipinski definition) is 1. The first-order chi connectivity index (χ1) is 7.21. The van der Waals surface area contributed by atoms with Crippen molar-refractivity contribution in [1.82, 2.24) is 0 Å². The Bertz CT molecular complexity index is 453. The smallest absolute Gasteiger partial charge is 0.300 e. The molecule has 2 heterocycles. The van der Waals surface area contributed by atoms with Crippen LogP contribution >= 0.6 is 11.6 Å². The number of benzene rings is 1. The summed E-state index contributed by atoms with van der Waals surface area (Å²) < 4.78 is 11.0. The summed E-state index contributed by atoms with van der Waals surface area (Å²) in [6.45, 7) is 1.05. The highest BCUT2D eigenvalue weighted by Crippen LogP contribution is 2.40. The van der Waals surface area contributed by atoms with Gasteiger partial charge in [-0.15, -0.1) is 0 Å². The van der Waals surface area contributed by atoms with Crippen molar-refractivity contribution in [2.24, 2.45) is 10.7 Å². The molecule has 0 amide bonds. The van der Waals surface area contributed by atoms with Gasteiger partial charge in [-0.25, -0.2) is 4.99 Å². The number of ether oxygens (including phenoxy) is 2. The van der Waals surface area contributed by atoms with Gasteiger partial charge in [-0.2, -0.15) is 0 Å². The summed E-state index contributed by atoms with van der Waals surface area (Å²) in [6.07, 6.45) is 0. The van der Waals surface area contributed by atoms with Gasteiger partial charge in [-0.1, -0.05) is 11.6 Å². The lowest BCUT2D eigenvalue weighted by molar-refractivity contribution is -0.155. The summed E-state index contributed by atoms with van der Waals surface area (Å²) in [5.74, 6) is -0.598. The Morgan fingerprint density at radius 3 is 2.80 bits per heavy atom. The van der Waals surface area contributed by atoms with E-state index in [4.69, 9.17) is 26.8 Å². The Morgan fingerprint density at radius 1 is 1.33 bits per heavy atom. The fraction of sp³-hybridized carbons (Fsp3) is 0.300. The monoisotopic (exact) mass is 224 g/mol. The molecule has 5 heteroatoms. The van der Waals surface area contributed by atoms with Crippen LogP contribution in [0.3, 0.4) is 0 Å². The predicted octanol–water partition coefficient (Wildman–Crippen LogP) is 1.22. The standard InChI is InChI=1S/C10H9ClN2O2/c11-6-1-2-8-7(5-6)9(12)13-10(8)14-3-4-15-10/h1-2,5H,3-4H2,(H2,12,13). The molecular formula is C10H9ClN2O2. The van der Waals surface area contributed by atoms with Gasteiger partial charge in [0.25, 0.3) is 0 Å². The van der Waals surface area contributed by atoms with Crippen LogP contribution in [0.15, 0.2) is 23.2 Å². The molecule has 2 aliphatic heterocycles. The van der Waals surface area contributed by atoms with Gasteiger partial charge in [0.15, 0.2) is 0 Å². The predicted molar refractivity (Wildman–Crippen MR) is 55.8 cm³/mol. The maximum Gasteiger partial charge on any atom is 0.300 e. The zero-order valence-corrected chi connectivity index (χ0v) is 8.62. The molecule has 2 aliphatic rings. The molecule has 0 aliphatic carbocycles. The third-order valence-corrected chi connectivity index (χ3v) is 2.78. The second-order valence-corrected chi connectivity index (χ2v) is 3.90. The zero-order chi connectivity index (χ0) is 10.5. The summed E-state index contributed by atoms with van der Waals surface area (Å²) in [4.78, 5) is 4.22. The van der Waals surface area contributed by atoms with Crippen molar-refractivity contribution in [1.29, 1.82) is 0 Å². The third kappa shape index (κ3) is 1.19. The molecule has 0 atom stereocenters. The van der Waals surface area contributed by atoms with Gasteiger partial charge in [0.2, 0.25) is 0 Å². The van der Waals surface area contributed by atoms with Crippen molar-refractivity contribution in [2.75, 3.05) is 13.2 Å². The van der Waals surface area contributed by atoms with E-state index in [1.165, 1.54) is 0 Å². The van der Waals surface area contributed by atoms with Crippen LogP contribution < -0.4 is 5.73 Å². The van der Waals surface area contributed by atoms with E-state index in [2.05, 4.69) is 4.99 Å². The number of rotatable bonds is 0. The van der Waals surface area contributed by atoms with Crippen molar-refractivity contribution in [3.05, 3.63) is 34.3 Å². The zero-order valence-electron chi connectivity index (χ0n) is 7.87. The molecule has 1 fully saturated rings. The number of halogens is 1. The van der Waals surface area contributed by atoms with Crippen LogP contribution in [0.5, 0.6) is 0 Å². The second kappa shape index (κ2) is 2.95. The second-order valence-electron chi connectivity index (χ2n) is 3.47. The molecule has 3 rings (SSSR count). The van der Waals surface area contributed by atoms with Gasteiger partial charge >= 0.3 is 5.91 Å². The van der Waals surface area contributed by atoms with Crippen LogP contribution in [0, 0.1) is 0 Å². The molecule has 0 unspecified atom stereocenters. The van der Waals surface area contributed by atoms with Gasteiger partial charge in [-0.3, -0.25) is 0 Å². The van der Waals surface area contributed by atoms with E-state index in [1.54, 1.807) is 12.1 Å². The first kappa shape index (κ1) is 9.15. The topological polar surface area (TPSA) is 56.8 Å². The van der Waals surface area contributed by atoms with E-state index in [9.17, 15) is 0 Å². The summed E-state index contributed by atoms with van der Waals surface area (Å²) in [5, 5.41) is 0.627. The normalized spacial score (nSPS) is 21.8. The van der Waals surface area contributed by atoms with Crippen LogP contribution in [0.1, 0.15) is 11.1 Å². The summed E-state index contributed by atoms with van der Waals surface area (Å²) >= 11 is 5.89. The molecule has 1 spiro atoms. The molecular weight excluding hydrogens is 216 g/mol. The van der Waals surface area contributed by atoms with Crippen LogP contribution in [0.25, 0.3) is 0 Å². The average molecular weight is 225 g/mol. The Kier molecular flexibility index (Phi) is 1.80. The van der Waals surface area contributed by atoms with Crippen molar-refractivity contribution in [2.45, 2.75) is 5.91 Å². The number of nitrogens with zero attached hydrogens (tertiary/aromatic N) is 1. The average Bonchev–Trinajstić information content (AvgIpc) is 2.76. The highest BCUT2D eigenvalue weighted by Gasteiger charge is 2.45. The van der Waals surface area contributed by atoms with Crippen LogP contribution in [0.2, 0.25) is 5.02 Å². The maximum absolute atomic E-state index is 5.89. The quantitative estimate of drug-likeness (QED) is 0.721. The van der Waals surface area contributed by atoms with Crippen LogP contribution in [0.4, 0.5) is 0 Å². The number of nitrogens with two attached hydrogens (primary N) is 1. The first-order valence-electron chi connectivity index (χ1n) is 4.65. The summed E-state index contributed by atoms with van der Waals surface area (Å²) in [6, 6.07) is 5.39. The Hall–Kier alpha value is -1.10. The van der Waals surface area contributed by atoms with Crippen molar-refractivity contribution in [3.63, 3.8) is 0 Å². The van der Waals surface area contributed by atoms with Crippen molar-refractivity contribution in [3.8, 4) is 0 Å². The number of aliphatic imine (C=N–C) groups is 1. The minimum atomic E-state index is -1.01. The third-order valence-electron chi connectivity index (χ3n) is 2.54. The van der Waals surface area contributed by atoms with Gasteiger partial charge in [-0.05, 0) is 18.2 Å². The SMILES string of the molecule is NC1=NC2(OCCO2)c2ccc(Cl)cc21. The molecule has 15 heavy (non-hydrogen) atoms. The Morgan fingerprint density at radius 2 is 2.07 bits per heavy atom. The highest BCUT2D eigenvalue weighted by atomic mass is 35.5. The number of fused-ring (bicyclic) bond motifs is 2. The Labute approximate surface area is 91.6 Å². The number of amidine groups is 1. The van der Waals surface area contributed by atoms with E-state index in [0.29, 0.717) is 24.1 Å². The molecule has 78 valence electrons. The molecule has 0 radical (unpaired) electrons. The fourth-order valence-electron chi connectivity index (χ4n) is 1.90. The maximum atomic E-state index is 5.89. The summed E-state index contributed by atoms with van der Waals surface area (Å²) in [7, 11) is 0. The molecule has 0 saturated carbocycles. The number of hydrogen-bond acceptors (Lipinski definition) is 4. The first-order valence-corrected chi connectivity index (χ1v) is 5.03. The molecule has 1 aromatic rings. The van der Waals surface area contributed by atoms with Gasteiger partial charge in [0.1, 0.15) is 5.84 Å². The fourth-order valence-corrected chi connectivity index (χ4v) is 2.08. The lowest BCUT2D eigenvalue weighted by Crippen LogP contribution is -2.22. The van der Waals surface area contributed by atoms with Crippen molar-refractivity contribution < 1.29 is 9.47 Å². The van der Waals surface area contributed by atoms with Crippen LogP contribution in [-0.4, -0.2) is 19.0 Å². The van der Waals surface area contributed by atoms with Gasteiger partial charge in [0.05, 0.1) is 13.2 Å². The van der Waals surface area contributed by atoms with E-state index in [1.807, 2.05) is 6.07 Å². The van der Waals surface area contributed by atoms with E-state index in [-0.39, 0.29) is 0 Å². The van der Waals surface area contributed by atoms with Gasteiger partial charge < -0.3 is 15.2 Å². The molecule has 1 saturated heterocycles. The minimum absolute atomic E-state index is 0.411. The lowest BCUT2D eigenvalue weighted by Gasteiger charge is -2.18. The van der Waals surface area contributed by atoms with Crippen LogP contribution in [-0.2, 0) is 15.4 Å². The minimum Gasteiger partial charge on any atom is -0.383 e. The summed E-state index contributed by atoms with van der Waals surface area (Å²) in [5.41, 5.74) is 7.43. The highest BCUT2D eigenvalue weighted by molar-refractivity contribution is 6.31. The van der Waals surface area contributed by atoms with Crippen molar-refractivity contribution >= 4 is 17.4 Å². The lowest BCUT2D eigenvalue weighted by atomic mass is 10.1. The Balaban J connectivity index is 2.19.